The van der Waals surface area contributed by atoms with Crippen molar-refractivity contribution in [1.82, 2.24) is 0 Å². The van der Waals surface area contributed by atoms with E-state index in [-0.39, 0.29) is 6.61 Å². The highest BCUT2D eigenvalue weighted by Crippen LogP contribution is 2.44. The minimum Gasteiger partial charge on any atom is -0.462 e. The first-order valence-corrected chi connectivity index (χ1v) is 6.46. The third kappa shape index (κ3) is 4.77. The molecule has 1 rings (SSSR count). The van der Waals surface area contributed by atoms with Gasteiger partial charge in [0.15, 0.2) is 0 Å². The van der Waals surface area contributed by atoms with Gasteiger partial charge in [-0.1, -0.05) is 0 Å². The average Bonchev–Trinajstić information content (AvgIpc) is 2.38. The molecule has 0 saturated heterocycles. The van der Waals surface area contributed by atoms with Crippen molar-refractivity contribution < 1.29 is 36.2 Å². The number of hydrogen-bond acceptors (Lipinski definition) is 5. The van der Waals surface area contributed by atoms with E-state index in [0.717, 1.165) is 12.1 Å². The van der Waals surface area contributed by atoms with Crippen molar-refractivity contribution in [2.24, 2.45) is 0 Å². The van der Waals surface area contributed by atoms with Gasteiger partial charge in [0, 0.05) is 0 Å². The Morgan fingerprint density at radius 2 is 2.05 bits per heavy atom. The fraction of sp³-hybridized carbons (Fsp3) is 0.333. The minimum atomic E-state index is -4.86. The molecule has 120 valence electrons. The van der Waals surface area contributed by atoms with Gasteiger partial charge in [-0.05, 0) is 30.8 Å². The molecule has 4 nitrogen and oxygen atoms in total. The summed E-state index contributed by atoms with van der Waals surface area (Å²) in [5, 5.41) is 8.99. The summed E-state index contributed by atoms with van der Waals surface area (Å²) < 4.78 is 70.8. The first-order valence-electron chi connectivity index (χ1n) is 5.64. The standard InChI is InChI=1S/C12H8F5NO3S/c1-2-20-10(19)6-3-4-8(21-11(13)14)9(7(6)5-18)22-12(15,16)17/h3-4,11H,2H2,1H3. The van der Waals surface area contributed by atoms with Crippen LogP contribution in [0.5, 0.6) is 5.75 Å². The molecule has 22 heavy (non-hydrogen) atoms. The molecule has 0 unspecified atom stereocenters. The second-order valence-electron chi connectivity index (χ2n) is 3.57. The van der Waals surface area contributed by atoms with Gasteiger partial charge in [-0.15, -0.1) is 0 Å². The molecule has 1 aromatic rings. The molecule has 10 heteroatoms. The van der Waals surface area contributed by atoms with Gasteiger partial charge in [-0.3, -0.25) is 0 Å². The van der Waals surface area contributed by atoms with Crippen molar-refractivity contribution in [2.45, 2.75) is 23.9 Å². The monoisotopic (exact) mass is 341 g/mol. The molecule has 0 saturated carbocycles. The van der Waals surface area contributed by atoms with Crippen LogP contribution in [0.25, 0.3) is 0 Å². The number of ether oxygens (including phenoxy) is 2. The highest BCUT2D eigenvalue weighted by atomic mass is 32.2. The van der Waals surface area contributed by atoms with E-state index in [2.05, 4.69) is 9.47 Å². The lowest BCUT2D eigenvalue weighted by Gasteiger charge is -2.15. The first-order chi connectivity index (χ1) is 10.2. The van der Waals surface area contributed by atoms with E-state index < -0.39 is 51.6 Å². The Balaban J connectivity index is 3.45. The number of rotatable bonds is 5. The molecule has 0 N–H and O–H groups in total. The van der Waals surface area contributed by atoms with E-state index in [0.29, 0.717) is 0 Å². The Labute approximate surface area is 125 Å². The summed E-state index contributed by atoms with van der Waals surface area (Å²) in [4.78, 5) is 10.7. The van der Waals surface area contributed by atoms with Crippen LogP contribution in [0.3, 0.4) is 0 Å². The second kappa shape index (κ2) is 7.31. The molecule has 0 amide bonds. The normalized spacial score (nSPS) is 11.2. The van der Waals surface area contributed by atoms with Crippen LogP contribution in [0, 0.1) is 11.3 Å². The van der Waals surface area contributed by atoms with Gasteiger partial charge in [0.25, 0.3) is 0 Å². The quantitative estimate of drug-likeness (QED) is 0.461. The summed E-state index contributed by atoms with van der Waals surface area (Å²) in [5.41, 5.74) is -6.06. The number of esters is 1. The fourth-order valence-corrected chi connectivity index (χ4v) is 2.17. The highest BCUT2D eigenvalue weighted by Gasteiger charge is 2.34. The van der Waals surface area contributed by atoms with Gasteiger partial charge in [-0.25, -0.2) is 4.79 Å². The van der Waals surface area contributed by atoms with Crippen molar-refractivity contribution in [3.63, 3.8) is 0 Å². The minimum absolute atomic E-state index is 0.0687. The second-order valence-corrected chi connectivity index (χ2v) is 4.65. The van der Waals surface area contributed by atoms with Gasteiger partial charge >= 0.3 is 18.1 Å². The largest absolute Gasteiger partial charge is 0.462 e. The van der Waals surface area contributed by atoms with Crippen molar-refractivity contribution in [2.75, 3.05) is 6.61 Å². The molecule has 0 bridgehead atoms. The topological polar surface area (TPSA) is 59.3 Å². The van der Waals surface area contributed by atoms with Crippen molar-refractivity contribution >= 4 is 17.7 Å². The Morgan fingerprint density at radius 1 is 1.41 bits per heavy atom. The summed E-state index contributed by atoms with van der Waals surface area (Å²) in [7, 11) is 0. The lowest BCUT2D eigenvalue weighted by molar-refractivity contribution is -0.0528. The lowest BCUT2D eigenvalue weighted by Crippen LogP contribution is -2.11. The smallest absolute Gasteiger partial charge is 0.446 e. The number of carbonyl (C=O) groups is 1. The van der Waals surface area contributed by atoms with Crippen LogP contribution in [0.2, 0.25) is 0 Å². The number of nitrogens with zero attached hydrogens (tertiary/aromatic N) is 1. The molecule has 0 atom stereocenters. The Morgan fingerprint density at radius 3 is 2.50 bits per heavy atom. The van der Waals surface area contributed by atoms with Gasteiger partial charge in [0.2, 0.25) is 0 Å². The SMILES string of the molecule is CCOC(=O)c1ccc(OC(F)F)c(SC(F)(F)F)c1C#N. The molecule has 1 aromatic carbocycles. The molecule has 0 spiro atoms. The molecule has 0 radical (unpaired) electrons. The van der Waals surface area contributed by atoms with E-state index >= 15 is 0 Å². The van der Waals surface area contributed by atoms with Crippen LogP contribution in [0.1, 0.15) is 22.8 Å². The Hall–Kier alpha value is -2.02. The Kier molecular flexibility index (Phi) is 5.99. The van der Waals surface area contributed by atoms with Gasteiger partial charge in [0.05, 0.1) is 22.6 Å². The number of benzene rings is 1. The van der Waals surface area contributed by atoms with Crippen LogP contribution in [-0.2, 0) is 4.74 Å². The van der Waals surface area contributed by atoms with Crippen LogP contribution in [0.4, 0.5) is 22.0 Å². The molecule has 0 aliphatic carbocycles. The van der Waals surface area contributed by atoms with Crippen LogP contribution < -0.4 is 4.74 Å². The zero-order chi connectivity index (χ0) is 16.9. The summed E-state index contributed by atoms with van der Waals surface area (Å²) in [6, 6.07) is 3.05. The van der Waals surface area contributed by atoms with Gasteiger partial charge < -0.3 is 9.47 Å². The van der Waals surface area contributed by atoms with Gasteiger partial charge in [0.1, 0.15) is 11.8 Å². The summed E-state index contributed by atoms with van der Waals surface area (Å²) in [5.74, 6) is -1.88. The van der Waals surface area contributed by atoms with E-state index in [1.54, 1.807) is 0 Å². The predicted molar refractivity (Wildman–Crippen MR) is 65.7 cm³/mol. The molecule has 0 heterocycles. The first kappa shape index (κ1) is 18.0. The summed E-state index contributed by atoms with van der Waals surface area (Å²) in [6.07, 6.45) is 0. The molecule has 0 fully saturated rings. The van der Waals surface area contributed by atoms with Crippen molar-refractivity contribution in [3.05, 3.63) is 23.3 Å². The number of nitriles is 1. The number of thioether (sulfide) groups is 1. The van der Waals surface area contributed by atoms with Crippen molar-refractivity contribution in [3.8, 4) is 11.8 Å². The van der Waals surface area contributed by atoms with Crippen LogP contribution in [-0.4, -0.2) is 24.7 Å². The maximum Gasteiger partial charge on any atom is 0.446 e. The lowest BCUT2D eigenvalue weighted by atomic mass is 10.1. The predicted octanol–water partition coefficient (Wildman–Crippen LogP) is 3.95. The van der Waals surface area contributed by atoms with E-state index in [1.807, 2.05) is 0 Å². The molecule has 0 aliphatic heterocycles. The highest BCUT2D eigenvalue weighted by molar-refractivity contribution is 8.00. The van der Waals surface area contributed by atoms with Gasteiger partial charge in [-0.2, -0.15) is 27.2 Å². The maximum atomic E-state index is 12.6. The zero-order valence-corrected chi connectivity index (χ0v) is 11.7. The average molecular weight is 341 g/mol. The third-order valence-corrected chi connectivity index (χ3v) is 3.00. The molecule has 0 aliphatic rings. The van der Waals surface area contributed by atoms with Crippen molar-refractivity contribution in [1.29, 1.82) is 5.26 Å². The number of alkyl halides is 5. The van der Waals surface area contributed by atoms with Crippen LogP contribution >= 0.6 is 11.8 Å². The number of hydrogen-bond donors (Lipinski definition) is 0. The third-order valence-electron chi connectivity index (χ3n) is 2.16. The molecular weight excluding hydrogens is 333 g/mol. The maximum absolute atomic E-state index is 12.6. The van der Waals surface area contributed by atoms with E-state index in [1.165, 1.54) is 13.0 Å². The van der Waals surface area contributed by atoms with E-state index in [9.17, 15) is 26.7 Å². The number of halogens is 5. The fourth-order valence-electron chi connectivity index (χ4n) is 1.46. The summed E-state index contributed by atoms with van der Waals surface area (Å²) >= 11 is -0.818. The number of carbonyl (C=O) groups excluding carboxylic acids is 1. The Bertz CT molecular complexity index is 598. The van der Waals surface area contributed by atoms with E-state index in [4.69, 9.17) is 5.26 Å². The summed E-state index contributed by atoms with van der Waals surface area (Å²) in [6.45, 7) is -1.99. The molecule has 0 aromatic heterocycles. The molecular formula is C12H8F5NO3S. The van der Waals surface area contributed by atoms with Crippen LogP contribution in [0.15, 0.2) is 17.0 Å². The zero-order valence-electron chi connectivity index (χ0n) is 10.9.